The number of rotatable bonds is 3. The molecule has 1 aliphatic heterocycles. The van der Waals surface area contributed by atoms with E-state index in [-0.39, 0.29) is 5.91 Å². The zero-order chi connectivity index (χ0) is 14.2. The fourth-order valence-corrected chi connectivity index (χ4v) is 2.93. The molecular weight excluding hydrogens is 250 g/mol. The molecule has 0 unspecified atom stereocenters. The minimum atomic E-state index is -0.405. The summed E-state index contributed by atoms with van der Waals surface area (Å²) in [4.78, 5) is 22.5. The number of fused-ring (bicyclic) bond motifs is 1. The maximum atomic E-state index is 12.6. The summed E-state index contributed by atoms with van der Waals surface area (Å²) in [5, 5.41) is 0. The number of nitrogens with one attached hydrogen (secondary N) is 1. The Labute approximate surface area is 119 Å². The normalized spacial score (nSPS) is 16.0. The number of likely N-dealkylation sites (tertiary alicyclic amines) is 1. The molecule has 0 radical (unpaired) electrons. The molecule has 0 spiro atoms. The van der Waals surface area contributed by atoms with Crippen LogP contribution in [0.25, 0.3) is 11.0 Å². The number of aromatic amines is 1. The highest BCUT2D eigenvalue weighted by Crippen LogP contribution is 2.26. The van der Waals surface area contributed by atoms with Crippen LogP contribution in [-0.4, -0.2) is 33.9 Å². The molecule has 0 aliphatic carbocycles. The smallest absolute Gasteiger partial charge is 0.228 e. The molecule has 1 aromatic heterocycles. The van der Waals surface area contributed by atoms with Crippen LogP contribution in [0.2, 0.25) is 0 Å². The summed E-state index contributed by atoms with van der Waals surface area (Å²) < 4.78 is 0. The van der Waals surface area contributed by atoms with Crippen molar-refractivity contribution >= 4 is 16.9 Å². The molecule has 1 aliphatic rings. The molecule has 0 atom stereocenters. The summed E-state index contributed by atoms with van der Waals surface area (Å²) in [6, 6.07) is 7.98. The highest BCUT2D eigenvalue weighted by Gasteiger charge is 2.34. The van der Waals surface area contributed by atoms with Gasteiger partial charge in [0.2, 0.25) is 5.91 Å². The van der Waals surface area contributed by atoms with Crippen molar-refractivity contribution in [2.24, 2.45) is 5.41 Å². The number of hydrogen-bond acceptors (Lipinski definition) is 2. The third-order valence-electron chi connectivity index (χ3n) is 4.02. The van der Waals surface area contributed by atoms with Crippen LogP contribution in [0.15, 0.2) is 24.3 Å². The first-order valence-electron chi connectivity index (χ1n) is 7.29. The number of nitrogens with zero attached hydrogens (tertiary/aromatic N) is 2. The van der Waals surface area contributed by atoms with E-state index in [0.29, 0.717) is 6.42 Å². The number of hydrogen-bond donors (Lipinski definition) is 1. The fourth-order valence-electron chi connectivity index (χ4n) is 2.93. The van der Waals surface area contributed by atoms with Gasteiger partial charge in [-0.2, -0.15) is 0 Å². The van der Waals surface area contributed by atoms with Crippen LogP contribution in [0.3, 0.4) is 0 Å². The fraction of sp³-hybridized carbons (Fsp3) is 0.500. The minimum Gasteiger partial charge on any atom is -0.342 e. The quantitative estimate of drug-likeness (QED) is 0.933. The number of para-hydroxylation sites is 2. The summed E-state index contributed by atoms with van der Waals surface area (Å²) in [6.45, 7) is 5.84. The summed E-state index contributed by atoms with van der Waals surface area (Å²) in [5.41, 5.74) is 1.59. The van der Waals surface area contributed by atoms with Gasteiger partial charge in [0.1, 0.15) is 5.82 Å². The number of carbonyl (C=O) groups is 1. The Hall–Kier alpha value is -1.84. The number of imidazole rings is 1. The van der Waals surface area contributed by atoms with Crippen LogP contribution in [-0.2, 0) is 11.2 Å². The molecule has 0 saturated carbocycles. The highest BCUT2D eigenvalue weighted by atomic mass is 16.2. The standard InChI is InChI=1S/C16H21N3O/c1-16(2,15(20)19-9-5-6-10-19)11-14-17-12-7-3-4-8-13(12)18-14/h3-4,7-8H,5-6,9-11H2,1-2H3,(H,17,18). The van der Waals surface area contributed by atoms with Gasteiger partial charge in [-0.15, -0.1) is 0 Å². The molecule has 2 heterocycles. The Balaban J connectivity index is 1.79. The first-order valence-corrected chi connectivity index (χ1v) is 7.29. The van der Waals surface area contributed by atoms with E-state index in [0.717, 1.165) is 42.8 Å². The van der Waals surface area contributed by atoms with Crippen molar-refractivity contribution in [3.8, 4) is 0 Å². The second-order valence-corrected chi connectivity index (χ2v) is 6.26. The summed E-state index contributed by atoms with van der Waals surface area (Å²) >= 11 is 0. The van der Waals surface area contributed by atoms with E-state index in [2.05, 4.69) is 9.97 Å². The van der Waals surface area contributed by atoms with E-state index in [1.807, 2.05) is 43.0 Å². The Kier molecular flexibility index (Phi) is 3.24. The van der Waals surface area contributed by atoms with Gasteiger partial charge in [-0.1, -0.05) is 26.0 Å². The number of aromatic nitrogens is 2. The monoisotopic (exact) mass is 271 g/mol. The predicted molar refractivity (Wildman–Crippen MR) is 79.4 cm³/mol. The van der Waals surface area contributed by atoms with Crippen LogP contribution in [0.5, 0.6) is 0 Å². The molecular formula is C16H21N3O. The second kappa shape index (κ2) is 4.93. The third kappa shape index (κ3) is 2.42. The molecule has 106 valence electrons. The molecule has 1 N–H and O–H groups in total. The van der Waals surface area contributed by atoms with Crippen LogP contribution < -0.4 is 0 Å². The predicted octanol–water partition coefficient (Wildman–Crippen LogP) is 2.75. The van der Waals surface area contributed by atoms with Crippen LogP contribution in [0.1, 0.15) is 32.5 Å². The SMILES string of the molecule is CC(C)(Cc1nc2ccccc2[nH]1)C(=O)N1CCCC1. The van der Waals surface area contributed by atoms with Crippen LogP contribution in [0, 0.1) is 5.41 Å². The van der Waals surface area contributed by atoms with Gasteiger partial charge in [0.05, 0.1) is 16.4 Å². The first kappa shape index (κ1) is 13.2. The van der Waals surface area contributed by atoms with E-state index in [1.165, 1.54) is 0 Å². The van der Waals surface area contributed by atoms with Crippen molar-refractivity contribution in [1.29, 1.82) is 0 Å². The van der Waals surface area contributed by atoms with Crippen molar-refractivity contribution in [2.75, 3.05) is 13.1 Å². The van der Waals surface area contributed by atoms with Crippen molar-refractivity contribution in [3.63, 3.8) is 0 Å². The maximum Gasteiger partial charge on any atom is 0.228 e. The summed E-state index contributed by atoms with van der Waals surface area (Å²) in [7, 11) is 0. The van der Waals surface area contributed by atoms with Crippen LogP contribution in [0.4, 0.5) is 0 Å². The maximum absolute atomic E-state index is 12.6. The lowest BCUT2D eigenvalue weighted by molar-refractivity contribution is -0.139. The molecule has 1 amide bonds. The van der Waals surface area contributed by atoms with Gasteiger partial charge in [-0.05, 0) is 25.0 Å². The number of benzene rings is 1. The Morgan fingerprint density at radius 1 is 1.30 bits per heavy atom. The number of H-pyrrole nitrogens is 1. The van der Waals surface area contributed by atoms with Gasteiger partial charge >= 0.3 is 0 Å². The Morgan fingerprint density at radius 3 is 2.70 bits per heavy atom. The average molecular weight is 271 g/mol. The lowest BCUT2D eigenvalue weighted by atomic mass is 9.87. The second-order valence-electron chi connectivity index (χ2n) is 6.26. The van der Waals surface area contributed by atoms with Crippen molar-refractivity contribution in [3.05, 3.63) is 30.1 Å². The lowest BCUT2D eigenvalue weighted by Gasteiger charge is -2.28. The molecule has 0 bridgehead atoms. The van der Waals surface area contributed by atoms with E-state index in [1.54, 1.807) is 0 Å². The largest absolute Gasteiger partial charge is 0.342 e. The topological polar surface area (TPSA) is 49.0 Å². The van der Waals surface area contributed by atoms with E-state index >= 15 is 0 Å². The molecule has 1 fully saturated rings. The van der Waals surface area contributed by atoms with Crippen molar-refractivity contribution in [2.45, 2.75) is 33.1 Å². The molecule has 1 aromatic carbocycles. The number of carbonyl (C=O) groups excluding carboxylic acids is 1. The van der Waals surface area contributed by atoms with Gasteiger partial charge in [-0.25, -0.2) is 4.98 Å². The zero-order valence-corrected chi connectivity index (χ0v) is 12.1. The Morgan fingerprint density at radius 2 is 2.00 bits per heavy atom. The molecule has 3 rings (SSSR count). The molecule has 20 heavy (non-hydrogen) atoms. The zero-order valence-electron chi connectivity index (χ0n) is 12.1. The Bertz CT molecular complexity index is 590. The van der Waals surface area contributed by atoms with Gasteiger partial charge in [0, 0.05) is 19.5 Å². The van der Waals surface area contributed by atoms with Gasteiger partial charge < -0.3 is 9.88 Å². The van der Waals surface area contributed by atoms with E-state index < -0.39 is 5.41 Å². The average Bonchev–Trinajstić information content (AvgIpc) is 3.05. The van der Waals surface area contributed by atoms with Crippen LogP contribution >= 0.6 is 0 Å². The molecule has 1 saturated heterocycles. The summed E-state index contributed by atoms with van der Waals surface area (Å²) in [5.74, 6) is 1.14. The molecule has 4 nitrogen and oxygen atoms in total. The van der Waals surface area contributed by atoms with E-state index in [4.69, 9.17) is 0 Å². The highest BCUT2D eigenvalue weighted by molar-refractivity contribution is 5.82. The molecule has 2 aromatic rings. The third-order valence-corrected chi connectivity index (χ3v) is 4.02. The lowest BCUT2D eigenvalue weighted by Crippen LogP contribution is -2.40. The number of amides is 1. The molecule has 4 heteroatoms. The van der Waals surface area contributed by atoms with Gasteiger partial charge in [-0.3, -0.25) is 4.79 Å². The van der Waals surface area contributed by atoms with Crippen molar-refractivity contribution in [1.82, 2.24) is 14.9 Å². The van der Waals surface area contributed by atoms with Gasteiger partial charge in [0.15, 0.2) is 0 Å². The van der Waals surface area contributed by atoms with E-state index in [9.17, 15) is 4.79 Å². The first-order chi connectivity index (χ1) is 9.56. The van der Waals surface area contributed by atoms with Gasteiger partial charge in [0.25, 0.3) is 0 Å². The van der Waals surface area contributed by atoms with Crippen molar-refractivity contribution < 1.29 is 4.79 Å². The minimum absolute atomic E-state index is 0.246. The summed E-state index contributed by atoms with van der Waals surface area (Å²) in [6.07, 6.45) is 2.91.